The lowest BCUT2D eigenvalue weighted by Crippen LogP contribution is -1.77. The summed E-state index contributed by atoms with van der Waals surface area (Å²) in [6, 6.07) is 1.90. The van der Waals surface area contributed by atoms with Crippen LogP contribution in [0.1, 0.15) is 5.56 Å². The standard InChI is InChI=1S/C5H3N3.4ClH/c6-1-5-2-7-4-8-3-5;;;;/h2-4H;4*1H. The summed E-state index contributed by atoms with van der Waals surface area (Å²) in [5, 5.41) is 8.21. The first-order valence-electron chi connectivity index (χ1n) is 2.08. The Morgan fingerprint density at radius 3 is 1.67 bits per heavy atom. The molecule has 1 aromatic rings. The zero-order valence-corrected chi connectivity index (χ0v) is 8.97. The van der Waals surface area contributed by atoms with E-state index in [1.165, 1.54) is 18.7 Å². The fourth-order valence-electron chi connectivity index (χ4n) is 0.357. The van der Waals surface area contributed by atoms with Crippen molar-refractivity contribution < 1.29 is 0 Å². The van der Waals surface area contributed by atoms with Gasteiger partial charge in [-0.1, -0.05) is 0 Å². The summed E-state index contributed by atoms with van der Waals surface area (Å²) >= 11 is 0. The number of nitriles is 1. The fraction of sp³-hybridized carbons (Fsp3) is 0. The third-order valence-corrected chi connectivity index (χ3v) is 0.690. The molecule has 70 valence electrons. The summed E-state index contributed by atoms with van der Waals surface area (Å²) in [6.07, 6.45) is 4.32. The number of hydrogen-bond donors (Lipinski definition) is 0. The van der Waals surface area contributed by atoms with Crippen LogP contribution in [-0.4, -0.2) is 9.97 Å². The molecule has 0 amide bonds. The zero-order chi connectivity index (χ0) is 5.82. The van der Waals surface area contributed by atoms with Gasteiger partial charge in [0.15, 0.2) is 0 Å². The lowest BCUT2D eigenvalue weighted by atomic mass is 10.4. The van der Waals surface area contributed by atoms with Gasteiger partial charge < -0.3 is 0 Å². The van der Waals surface area contributed by atoms with Gasteiger partial charge in [0.25, 0.3) is 0 Å². The second kappa shape index (κ2) is 13.3. The number of aromatic nitrogens is 2. The molecule has 0 saturated heterocycles. The van der Waals surface area contributed by atoms with Crippen LogP contribution in [0.2, 0.25) is 0 Å². The SMILES string of the molecule is Cl.Cl.Cl.Cl.N#Cc1cncnc1. The lowest BCUT2D eigenvalue weighted by Gasteiger charge is -1.79. The minimum Gasteiger partial charge on any atom is -0.243 e. The maximum absolute atomic E-state index is 8.21. The molecular weight excluding hydrogens is 244 g/mol. The normalized spacial score (nSPS) is 5.25. The lowest BCUT2D eigenvalue weighted by molar-refractivity contribution is 1.15. The molecule has 0 N–H and O–H groups in total. The van der Waals surface area contributed by atoms with Crippen molar-refractivity contribution in [3.8, 4) is 6.07 Å². The highest BCUT2D eigenvalue weighted by Gasteiger charge is 1.82. The van der Waals surface area contributed by atoms with Gasteiger partial charge in [-0.15, -0.1) is 49.6 Å². The fourth-order valence-corrected chi connectivity index (χ4v) is 0.357. The van der Waals surface area contributed by atoms with Gasteiger partial charge in [0.2, 0.25) is 0 Å². The monoisotopic (exact) mass is 249 g/mol. The summed E-state index contributed by atoms with van der Waals surface area (Å²) in [5.41, 5.74) is 0.493. The van der Waals surface area contributed by atoms with Crippen LogP contribution < -0.4 is 0 Å². The Morgan fingerprint density at radius 2 is 1.42 bits per heavy atom. The Labute approximate surface area is 95.2 Å². The Morgan fingerprint density at radius 1 is 1.00 bits per heavy atom. The van der Waals surface area contributed by atoms with Crippen LogP contribution in [0.4, 0.5) is 0 Å². The van der Waals surface area contributed by atoms with Gasteiger partial charge in [-0.25, -0.2) is 9.97 Å². The smallest absolute Gasteiger partial charge is 0.115 e. The van der Waals surface area contributed by atoms with E-state index in [0.717, 1.165) is 0 Å². The molecule has 0 spiro atoms. The van der Waals surface area contributed by atoms with Crippen LogP contribution in [0, 0.1) is 11.3 Å². The zero-order valence-electron chi connectivity index (χ0n) is 5.71. The van der Waals surface area contributed by atoms with Crippen LogP contribution in [-0.2, 0) is 0 Å². The summed E-state index contributed by atoms with van der Waals surface area (Å²) in [4.78, 5) is 7.24. The molecule has 0 aliphatic rings. The molecule has 1 heterocycles. The second-order valence-electron chi connectivity index (χ2n) is 1.24. The van der Waals surface area contributed by atoms with E-state index < -0.39 is 0 Å². The average molecular weight is 251 g/mol. The van der Waals surface area contributed by atoms with Crippen molar-refractivity contribution in [2.45, 2.75) is 0 Å². The third kappa shape index (κ3) is 7.83. The molecule has 0 fully saturated rings. The first kappa shape index (κ1) is 22.6. The van der Waals surface area contributed by atoms with Crippen LogP contribution in [0.25, 0.3) is 0 Å². The van der Waals surface area contributed by atoms with Crippen molar-refractivity contribution in [2.75, 3.05) is 0 Å². The number of halogens is 4. The molecule has 0 aliphatic carbocycles. The van der Waals surface area contributed by atoms with Crippen molar-refractivity contribution >= 4 is 49.6 Å². The van der Waals surface area contributed by atoms with Crippen LogP contribution in [0.3, 0.4) is 0 Å². The van der Waals surface area contributed by atoms with E-state index in [0.29, 0.717) is 5.56 Å². The molecule has 12 heavy (non-hydrogen) atoms. The Balaban J connectivity index is -0.0000000800. The molecule has 1 rings (SSSR count). The highest BCUT2D eigenvalue weighted by atomic mass is 35.5. The van der Waals surface area contributed by atoms with E-state index in [1.807, 2.05) is 6.07 Å². The van der Waals surface area contributed by atoms with Crippen LogP contribution in [0.5, 0.6) is 0 Å². The largest absolute Gasteiger partial charge is 0.243 e. The number of rotatable bonds is 0. The van der Waals surface area contributed by atoms with E-state index in [1.54, 1.807) is 0 Å². The minimum absolute atomic E-state index is 0. The van der Waals surface area contributed by atoms with Gasteiger partial charge >= 0.3 is 0 Å². The third-order valence-electron chi connectivity index (χ3n) is 0.690. The molecule has 0 aliphatic heterocycles. The average Bonchev–Trinajstić information content (AvgIpc) is 1.90. The van der Waals surface area contributed by atoms with Gasteiger partial charge in [-0.2, -0.15) is 5.26 Å². The highest BCUT2D eigenvalue weighted by molar-refractivity contribution is 5.86. The van der Waals surface area contributed by atoms with E-state index >= 15 is 0 Å². The van der Waals surface area contributed by atoms with Crippen molar-refractivity contribution in [3.63, 3.8) is 0 Å². The van der Waals surface area contributed by atoms with Gasteiger partial charge in [0.05, 0.1) is 5.56 Å². The summed E-state index contributed by atoms with van der Waals surface area (Å²) in [6.45, 7) is 0. The molecule has 0 saturated carbocycles. The van der Waals surface area contributed by atoms with E-state index in [-0.39, 0.29) is 49.6 Å². The first-order valence-corrected chi connectivity index (χ1v) is 2.08. The van der Waals surface area contributed by atoms with E-state index in [9.17, 15) is 0 Å². The second-order valence-corrected chi connectivity index (χ2v) is 1.24. The van der Waals surface area contributed by atoms with Crippen molar-refractivity contribution in [1.29, 1.82) is 5.26 Å². The molecule has 0 bridgehead atoms. The molecule has 0 unspecified atom stereocenters. The molecule has 1 aromatic heterocycles. The molecular formula is C5H7Cl4N3. The molecule has 0 radical (unpaired) electrons. The minimum atomic E-state index is 0. The number of nitrogens with zero attached hydrogens (tertiary/aromatic N) is 3. The Kier molecular flexibility index (Phi) is 25.1. The van der Waals surface area contributed by atoms with Crippen molar-refractivity contribution in [1.82, 2.24) is 9.97 Å². The van der Waals surface area contributed by atoms with Crippen LogP contribution in [0.15, 0.2) is 18.7 Å². The van der Waals surface area contributed by atoms with Gasteiger partial charge in [-0.3, -0.25) is 0 Å². The highest BCUT2D eigenvalue weighted by Crippen LogP contribution is 1.85. The van der Waals surface area contributed by atoms with Gasteiger partial charge in [0.1, 0.15) is 12.4 Å². The van der Waals surface area contributed by atoms with Crippen molar-refractivity contribution in [2.24, 2.45) is 0 Å². The molecule has 7 heteroatoms. The van der Waals surface area contributed by atoms with E-state index in [2.05, 4.69) is 9.97 Å². The molecule has 0 atom stereocenters. The summed E-state index contributed by atoms with van der Waals surface area (Å²) in [5.74, 6) is 0. The Bertz CT molecular complexity index is 210. The van der Waals surface area contributed by atoms with Crippen LogP contribution >= 0.6 is 49.6 Å². The first-order chi connectivity index (χ1) is 3.93. The van der Waals surface area contributed by atoms with Crippen molar-refractivity contribution in [3.05, 3.63) is 24.3 Å². The predicted octanol–water partition coefficient (Wildman–Crippen LogP) is 2.04. The van der Waals surface area contributed by atoms with Gasteiger partial charge in [-0.05, 0) is 0 Å². The summed E-state index contributed by atoms with van der Waals surface area (Å²) in [7, 11) is 0. The van der Waals surface area contributed by atoms with E-state index in [4.69, 9.17) is 5.26 Å². The maximum atomic E-state index is 8.21. The number of hydrogen-bond acceptors (Lipinski definition) is 3. The topological polar surface area (TPSA) is 49.6 Å². The van der Waals surface area contributed by atoms with Gasteiger partial charge in [0, 0.05) is 12.4 Å². The molecule has 0 aromatic carbocycles. The predicted molar refractivity (Wildman–Crippen MR) is 55.7 cm³/mol. The quantitative estimate of drug-likeness (QED) is 0.708. The molecule has 3 nitrogen and oxygen atoms in total. The summed E-state index contributed by atoms with van der Waals surface area (Å²) < 4.78 is 0. The maximum Gasteiger partial charge on any atom is 0.115 e. The Hall–Kier alpha value is -0.270.